The summed E-state index contributed by atoms with van der Waals surface area (Å²) in [6, 6.07) is 10.3. The molecule has 0 fully saturated rings. The van der Waals surface area contributed by atoms with Crippen molar-refractivity contribution in [1.82, 2.24) is 0 Å². The van der Waals surface area contributed by atoms with Crippen LogP contribution in [0.25, 0.3) is 0 Å². The molecule has 0 aliphatic rings. The monoisotopic (exact) mass is 275 g/mol. The number of aromatic nitrogens is 1. The smallest absolute Gasteiger partial charge is 0.227 e. The maximum absolute atomic E-state index is 12.0. The van der Waals surface area contributed by atoms with Crippen molar-refractivity contribution in [3.8, 4) is 0 Å². The first kappa shape index (κ1) is 13.2. The van der Waals surface area contributed by atoms with E-state index in [0.717, 1.165) is 5.56 Å². The van der Waals surface area contributed by atoms with E-state index in [1.165, 1.54) is 6.21 Å². The summed E-state index contributed by atoms with van der Waals surface area (Å²) in [5.41, 5.74) is 1.38. The van der Waals surface area contributed by atoms with Crippen LogP contribution < -0.4 is 4.57 Å². The second-order valence-electron chi connectivity index (χ2n) is 3.98. The molecule has 1 heterocycles. The molecule has 19 heavy (non-hydrogen) atoms. The van der Waals surface area contributed by atoms with Gasteiger partial charge in [0.25, 0.3) is 0 Å². The lowest BCUT2D eigenvalue weighted by Gasteiger charge is -1.99. The van der Waals surface area contributed by atoms with E-state index in [9.17, 15) is 4.79 Å². The highest BCUT2D eigenvalue weighted by Crippen LogP contribution is 2.09. The van der Waals surface area contributed by atoms with Crippen LogP contribution in [-0.4, -0.2) is 17.2 Å². The number of rotatable bonds is 4. The summed E-state index contributed by atoms with van der Waals surface area (Å²) in [5.74, 6) is 0.00485. The molecule has 0 spiro atoms. The Morgan fingerprint density at radius 1 is 1.21 bits per heavy atom. The van der Waals surface area contributed by atoms with Crippen molar-refractivity contribution in [1.29, 1.82) is 0 Å². The Morgan fingerprint density at radius 3 is 2.42 bits per heavy atom. The molecule has 0 unspecified atom stereocenters. The average molecular weight is 276 g/mol. The van der Waals surface area contributed by atoms with Crippen molar-refractivity contribution in [2.75, 3.05) is 0 Å². The lowest BCUT2D eigenvalue weighted by molar-refractivity contribution is -0.683. The molecule has 0 radical (unpaired) electrons. The lowest BCUT2D eigenvalue weighted by atomic mass is 10.1. The highest BCUT2D eigenvalue weighted by molar-refractivity contribution is 6.30. The summed E-state index contributed by atoms with van der Waals surface area (Å²) in [6.45, 7) is 0.248. The Bertz CT molecular complexity index is 592. The fourth-order valence-electron chi connectivity index (χ4n) is 1.62. The van der Waals surface area contributed by atoms with Crippen LogP contribution in [0.2, 0.25) is 5.02 Å². The van der Waals surface area contributed by atoms with E-state index in [-0.39, 0.29) is 12.3 Å². The minimum atomic E-state index is 0.00485. The summed E-state index contributed by atoms with van der Waals surface area (Å²) in [6.07, 6.45) is 4.83. The van der Waals surface area contributed by atoms with Crippen LogP contribution in [0.15, 0.2) is 53.9 Å². The number of ketones is 1. The van der Waals surface area contributed by atoms with Crippen molar-refractivity contribution in [3.63, 3.8) is 0 Å². The van der Waals surface area contributed by atoms with Crippen LogP contribution >= 0.6 is 11.6 Å². The second-order valence-corrected chi connectivity index (χ2v) is 4.41. The van der Waals surface area contributed by atoms with Gasteiger partial charge in [0.05, 0.1) is 6.21 Å². The van der Waals surface area contributed by atoms with E-state index < -0.39 is 0 Å². The Morgan fingerprint density at radius 2 is 1.84 bits per heavy atom. The number of halogens is 1. The zero-order valence-electron chi connectivity index (χ0n) is 10.0. The zero-order valence-corrected chi connectivity index (χ0v) is 10.8. The largest absolute Gasteiger partial charge is 0.411 e. The van der Waals surface area contributed by atoms with Gasteiger partial charge in [0, 0.05) is 28.3 Å². The van der Waals surface area contributed by atoms with Crippen LogP contribution in [0.4, 0.5) is 0 Å². The van der Waals surface area contributed by atoms with Gasteiger partial charge in [-0.25, -0.2) is 0 Å². The summed E-state index contributed by atoms with van der Waals surface area (Å²) in [7, 11) is 0. The molecule has 0 aliphatic heterocycles. The quantitative estimate of drug-likeness (QED) is 0.306. The molecule has 96 valence electrons. The van der Waals surface area contributed by atoms with Gasteiger partial charge in [-0.3, -0.25) is 4.79 Å². The Kier molecular flexibility index (Phi) is 4.26. The van der Waals surface area contributed by atoms with Crippen LogP contribution in [0.3, 0.4) is 0 Å². The third-order valence-electron chi connectivity index (χ3n) is 2.62. The molecule has 1 aromatic carbocycles. The molecule has 2 rings (SSSR count). The molecule has 0 saturated carbocycles. The number of hydrogen-bond acceptors (Lipinski definition) is 3. The standard InChI is InChI=1S/C14H11ClN2O2/c15-13-3-1-12(2-4-13)14(18)10-17-7-5-11(6-8-17)9-16-19/h1-9H,10H2/p+1. The molecule has 0 saturated heterocycles. The second kappa shape index (κ2) is 6.11. The van der Waals surface area contributed by atoms with Gasteiger partial charge in [-0.15, -0.1) is 0 Å². The summed E-state index contributed by atoms with van der Waals surface area (Å²) >= 11 is 5.77. The molecule has 1 aromatic heterocycles. The Hall–Kier alpha value is -2.20. The summed E-state index contributed by atoms with van der Waals surface area (Å²) in [5, 5.41) is 12.0. The lowest BCUT2D eigenvalue weighted by Crippen LogP contribution is -2.37. The van der Waals surface area contributed by atoms with E-state index in [2.05, 4.69) is 5.16 Å². The summed E-state index contributed by atoms with van der Waals surface area (Å²) < 4.78 is 1.76. The van der Waals surface area contributed by atoms with Gasteiger partial charge in [0.2, 0.25) is 12.3 Å². The van der Waals surface area contributed by atoms with Crippen LogP contribution in [0.1, 0.15) is 15.9 Å². The minimum absolute atomic E-state index is 0.00485. The fraction of sp³-hybridized carbons (Fsp3) is 0.0714. The number of carbonyl (C=O) groups is 1. The molecule has 4 nitrogen and oxygen atoms in total. The zero-order chi connectivity index (χ0) is 13.7. The van der Waals surface area contributed by atoms with Gasteiger partial charge < -0.3 is 5.21 Å². The van der Waals surface area contributed by atoms with E-state index in [4.69, 9.17) is 16.8 Å². The third-order valence-corrected chi connectivity index (χ3v) is 2.87. The molecule has 0 atom stereocenters. The molecule has 5 heteroatoms. The van der Waals surface area contributed by atoms with E-state index in [1.807, 2.05) is 0 Å². The molecule has 0 bridgehead atoms. The topological polar surface area (TPSA) is 53.5 Å². The maximum atomic E-state index is 12.0. The molecule has 0 aliphatic carbocycles. The number of nitrogens with zero attached hydrogens (tertiary/aromatic N) is 2. The number of Topliss-reactive ketones (excluding diaryl/α,β-unsaturated/α-hetero) is 1. The Labute approximate surface area is 115 Å². The fourth-order valence-corrected chi connectivity index (χ4v) is 1.75. The van der Waals surface area contributed by atoms with Crippen LogP contribution in [0, 0.1) is 0 Å². The molecular weight excluding hydrogens is 264 g/mol. The normalized spacial score (nSPS) is 10.8. The molecule has 2 aromatic rings. The average Bonchev–Trinajstić information content (AvgIpc) is 2.42. The van der Waals surface area contributed by atoms with Crippen molar-refractivity contribution in [2.24, 2.45) is 5.16 Å². The SMILES string of the molecule is O=C(C[n+]1ccc(C=NO)cc1)c1ccc(Cl)cc1. The predicted octanol–water partition coefficient (Wildman–Crippen LogP) is 2.32. The number of benzene rings is 1. The highest BCUT2D eigenvalue weighted by Gasteiger charge is 2.11. The van der Waals surface area contributed by atoms with Crippen molar-refractivity contribution >= 4 is 23.6 Å². The number of hydrogen-bond donors (Lipinski definition) is 1. The maximum Gasteiger partial charge on any atom is 0.227 e. The van der Waals surface area contributed by atoms with Crippen molar-refractivity contribution < 1.29 is 14.6 Å². The first-order valence-corrected chi connectivity index (χ1v) is 6.02. The van der Waals surface area contributed by atoms with Gasteiger partial charge in [0.1, 0.15) is 0 Å². The number of pyridine rings is 1. The van der Waals surface area contributed by atoms with Gasteiger partial charge in [-0.2, -0.15) is 4.57 Å². The van der Waals surface area contributed by atoms with E-state index in [0.29, 0.717) is 10.6 Å². The minimum Gasteiger partial charge on any atom is -0.411 e. The van der Waals surface area contributed by atoms with Gasteiger partial charge in [0.15, 0.2) is 12.4 Å². The molecule has 1 N–H and O–H groups in total. The first-order valence-electron chi connectivity index (χ1n) is 5.64. The highest BCUT2D eigenvalue weighted by atomic mass is 35.5. The molecule has 0 amide bonds. The summed E-state index contributed by atoms with van der Waals surface area (Å²) in [4.78, 5) is 12.0. The predicted molar refractivity (Wildman–Crippen MR) is 71.8 cm³/mol. The van der Waals surface area contributed by atoms with Gasteiger partial charge >= 0.3 is 0 Å². The van der Waals surface area contributed by atoms with Crippen LogP contribution in [-0.2, 0) is 6.54 Å². The Balaban J connectivity index is 2.08. The number of carbonyl (C=O) groups excluding carboxylic acids is 1. The molecular formula is C14H12ClN2O2+. The number of oxime groups is 1. The van der Waals surface area contributed by atoms with Crippen LogP contribution in [0.5, 0.6) is 0 Å². The van der Waals surface area contributed by atoms with E-state index in [1.54, 1.807) is 53.4 Å². The third kappa shape index (κ3) is 3.63. The first-order chi connectivity index (χ1) is 9.19. The van der Waals surface area contributed by atoms with Gasteiger partial charge in [-0.05, 0) is 24.3 Å². The van der Waals surface area contributed by atoms with E-state index >= 15 is 0 Å². The van der Waals surface area contributed by atoms with Crippen molar-refractivity contribution in [3.05, 3.63) is 64.9 Å². The van der Waals surface area contributed by atoms with Crippen molar-refractivity contribution in [2.45, 2.75) is 6.54 Å². The van der Waals surface area contributed by atoms with Gasteiger partial charge in [-0.1, -0.05) is 16.8 Å².